The Morgan fingerprint density at radius 3 is 2.83 bits per heavy atom. The van der Waals surface area contributed by atoms with Gasteiger partial charge in [0, 0.05) is 5.92 Å². The fourth-order valence-corrected chi connectivity index (χ4v) is 7.32. The summed E-state index contributed by atoms with van der Waals surface area (Å²) in [7, 11) is 0. The molecule has 6 rings (SSSR count). The highest BCUT2D eigenvalue weighted by atomic mass is 16.7. The van der Waals surface area contributed by atoms with E-state index in [-0.39, 0.29) is 23.8 Å². The summed E-state index contributed by atoms with van der Waals surface area (Å²) in [5, 5.41) is 0. The molecule has 0 aromatic carbocycles. The van der Waals surface area contributed by atoms with Crippen molar-refractivity contribution < 1.29 is 19.0 Å². The molecule has 10 atom stereocenters. The summed E-state index contributed by atoms with van der Waals surface area (Å²) in [4.78, 5) is 12.0. The molecule has 0 bridgehead atoms. The summed E-state index contributed by atoms with van der Waals surface area (Å²) in [5.41, 5.74) is 0.139. The molecule has 4 nitrogen and oxygen atoms in total. The van der Waals surface area contributed by atoms with Crippen molar-refractivity contribution in [1.29, 1.82) is 0 Å². The monoisotopic (exact) mass is 318 g/mol. The third-order valence-corrected chi connectivity index (χ3v) is 8.55. The highest BCUT2D eigenvalue weighted by Crippen LogP contribution is 2.66. The molecule has 3 heterocycles. The van der Waals surface area contributed by atoms with Gasteiger partial charge in [0.15, 0.2) is 6.10 Å². The van der Waals surface area contributed by atoms with Gasteiger partial charge in [0.05, 0.1) is 12.2 Å². The summed E-state index contributed by atoms with van der Waals surface area (Å²) in [6.07, 6.45) is 8.35. The van der Waals surface area contributed by atoms with Crippen LogP contribution < -0.4 is 0 Å². The van der Waals surface area contributed by atoms with Crippen LogP contribution in [0, 0.1) is 29.1 Å². The van der Waals surface area contributed by atoms with Crippen LogP contribution in [0.4, 0.5) is 0 Å². The van der Waals surface area contributed by atoms with E-state index in [9.17, 15) is 4.79 Å². The van der Waals surface area contributed by atoms with Crippen LogP contribution in [-0.4, -0.2) is 36.0 Å². The van der Waals surface area contributed by atoms with Crippen LogP contribution in [0.1, 0.15) is 52.4 Å². The molecule has 4 heteroatoms. The maximum absolute atomic E-state index is 12.0. The third kappa shape index (κ3) is 1.62. The fraction of sp³-hybridized carbons (Fsp3) is 0.947. The van der Waals surface area contributed by atoms with E-state index in [2.05, 4.69) is 13.8 Å². The molecule has 23 heavy (non-hydrogen) atoms. The van der Waals surface area contributed by atoms with Crippen LogP contribution in [0.2, 0.25) is 0 Å². The van der Waals surface area contributed by atoms with Gasteiger partial charge in [-0.2, -0.15) is 0 Å². The highest BCUT2D eigenvalue weighted by molar-refractivity contribution is 5.80. The van der Waals surface area contributed by atoms with Gasteiger partial charge in [0.25, 0.3) is 0 Å². The molecule has 0 aromatic rings. The van der Waals surface area contributed by atoms with Crippen LogP contribution >= 0.6 is 0 Å². The van der Waals surface area contributed by atoms with Gasteiger partial charge in [-0.3, -0.25) is 0 Å². The molecule has 0 radical (unpaired) electrons. The second-order valence-corrected chi connectivity index (χ2v) is 9.52. The minimum Gasteiger partial charge on any atom is -0.457 e. The summed E-state index contributed by atoms with van der Waals surface area (Å²) >= 11 is 0. The summed E-state index contributed by atoms with van der Waals surface area (Å²) in [6.45, 7) is 4.70. The van der Waals surface area contributed by atoms with Gasteiger partial charge in [-0.05, 0) is 68.6 Å². The Kier molecular flexibility index (Phi) is 2.35. The summed E-state index contributed by atoms with van der Waals surface area (Å²) < 4.78 is 17.6. The van der Waals surface area contributed by atoms with Crippen molar-refractivity contribution in [3.8, 4) is 0 Å². The standard InChI is InChI=1S/C19H26O4/c1-18-8-13-12(21-13)7-9(18)3-4-10-11(18)5-6-19(2)14(10)15-16(22-15)17(20)23-19/h9-16H,3-8H2,1-2H3/t9-,10+,11-,12-,13+,14+,15-,16-,18-,19-/m0/s1. The molecule has 6 aliphatic rings. The lowest BCUT2D eigenvalue weighted by atomic mass is 9.46. The number of epoxide rings is 2. The zero-order valence-corrected chi connectivity index (χ0v) is 14.0. The van der Waals surface area contributed by atoms with Crippen LogP contribution in [0.3, 0.4) is 0 Å². The number of carbonyl (C=O) groups excluding carboxylic acids is 1. The molecule has 6 fully saturated rings. The first-order valence-electron chi connectivity index (χ1n) is 9.53. The van der Waals surface area contributed by atoms with Crippen molar-refractivity contribution >= 4 is 5.97 Å². The maximum Gasteiger partial charge on any atom is 0.338 e. The summed E-state index contributed by atoms with van der Waals surface area (Å²) in [6, 6.07) is 0. The second-order valence-electron chi connectivity index (χ2n) is 9.52. The molecule has 0 unspecified atom stereocenters. The van der Waals surface area contributed by atoms with Crippen molar-refractivity contribution in [3.63, 3.8) is 0 Å². The molecule has 3 aliphatic carbocycles. The number of carbonyl (C=O) groups is 1. The largest absolute Gasteiger partial charge is 0.457 e. The molecular formula is C19H26O4. The number of ether oxygens (including phenoxy) is 3. The van der Waals surface area contributed by atoms with Gasteiger partial charge in [0.1, 0.15) is 11.7 Å². The molecule has 0 aromatic heterocycles. The zero-order chi connectivity index (χ0) is 15.6. The molecular weight excluding hydrogens is 292 g/mol. The van der Waals surface area contributed by atoms with Crippen molar-refractivity contribution in [2.45, 2.75) is 82.4 Å². The third-order valence-electron chi connectivity index (χ3n) is 8.55. The predicted molar refractivity (Wildman–Crippen MR) is 81.6 cm³/mol. The van der Waals surface area contributed by atoms with E-state index in [0.29, 0.717) is 29.5 Å². The molecule has 3 aliphatic heterocycles. The molecule has 0 spiro atoms. The van der Waals surface area contributed by atoms with E-state index in [1.54, 1.807) is 0 Å². The van der Waals surface area contributed by atoms with E-state index >= 15 is 0 Å². The average molecular weight is 318 g/mol. The Morgan fingerprint density at radius 1 is 1.09 bits per heavy atom. The lowest BCUT2D eigenvalue weighted by Gasteiger charge is -2.60. The number of hydrogen-bond donors (Lipinski definition) is 0. The van der Waals surface area contributed by atoms with Crippen LogP contribution in [-0.2, 0) is 19.0 Å². The Balaban J connectivity index is 1.36. The van der Waals surface area contributed by atoms with Gasteiger partial charge < -0.3 is 14.2 Å². The number of rotatable bonds is 0. The SMILES string of the molecule is C[C@]12C[C@H]3O[C@H]3C[C@@H]1CC[C@H]1[C@@H]3[C@@H]4O[C@@H]4C(=O)O[C@@]3(C)CC[C@@H]12. The van der Waals surface area contributed by atoms with Crippen LogP contribution in [0.25, 0.3) is 0 Å². The normalized spacial score (nSPS) is 65.2. The second kappa shape index (κ2) is 3.96. The van der Waals surface area contributed by atoms with E-state index in [0.717, 1.165) is 18.3 Å². The smallest absolute Gasteiger partial charge is 0.338 e. The Hall–Kier alpha value is -0.610. The number of fused-ring (bicyclic) bond motifs is 8. The van der Waals surface area contributed by atoms with E-state index in [4.69, 9.17) is 14.2 Å². The lowest BCUT2D eigenvalue weighted by molar-refractivity contribution is -0.195. The summed E-state index contributed by atoms with van der Waals surface area (Å²) in [5.74, 6) is 2.55. The van der Waals surface area contributed by atoms with E-state index < -0.39 is 0 Å². The average Bonchev–Trinajstić information content (AvgIpc) is 3.37. The Bertz CT molecular complexity index is 590. The topological polar surface area (TPSA) is 51.4 Å². The Morgan fingerprint density at radius 2 is 1.96 bits per heavy atom. The quantitative estimate of drug-likeness (QED) is 0.509. The first-order valence-corrected chi connectivity index (χ1v) is 9.53. The predicted octanol–water partition coefficient (Wildman–Crippen LogP) is 2.69. The van der Waals surface area contributed by atoms with Crippen molar-refractivity contribution in [1.82, 2.24) is 0 Å². The van der Waals surface area contributed by atoms with Crippen molar-refractivity contribution in [2.75, 3.05) is 0 Å². The van der Waals surface area contributed by atoms with E-state index in [1.807, 2.05) is 0 Å². The zero-order valence-electron chi connectivity index (χ0n) is 14.0. The van der Waals surface area contributed by atoms with Gasteiger partial charge in [0.2, 0.25) is 0 Å². The van der Waals surface area contributed by atoms with Gasteiger partial charge in [-0.15, -0.1) is 0 Å². The van der Waals surface area contributed by atoms with Gasteiger partial charge in [-0.1, -0.05) is 6.92 Å². The van der Waals surface area contributed by atoms with Gasteiger partial charge in [-0.25, -0.2) is 4.79 Å². The highest BCUT2D eigenvalue weighted by Gasteiger charge is 2.70. The molecule has 0 amide bonds. The number of hydrogen-bond acceptors (Lipinski definition) is 4. The van der Waals surface area contributed by atoms with Gasteiger partial charge >= 0.3 is 5.97 Å². The van der Waals surface area contributed by atoms with E-state index in [1.165, 1.54) is 32.1 Å². The number of esters is 1. The van der Waals surface area contributed by atoms with Crippen molar-refractivity contribution in [2.24, 2.45) is 29.1 Å². The molecule has 3 saturated carbocycles. The van der Waals surface area contributed by atoms with Crippen LogP contribution in [0.15, 0.2) is 0 Å². The first kappa shape index (κ1) is 13.7. The molecule has 0 N–H and O–H groups in total. The maximum atomic E-state index is 12.0. The Labute approximate surface area is 137 Å². The molecule has 126 valence electrons. The minimum absolute atomic E-state index is 0.112. The lowest BCUT2D eigenvalue weighted by Crippen LogP contribution is -2.60. The molecule has 3 saturated heterocycles. The van der Waals surface area contributed by atoms with Crippen LogP contribution in [0.5, 0.6) is 0 Å². The first-order chi connectivity index (χ1) is 11.0. The minimum atomic E-state index is -0.285. The van der Waals surface area contributed by atoms with Crippen molar-refractivity contribution in [3.05, 3.63) is 0 Å². The fourth-order valence-electron chi connectivity index (χ4n) is 7.32.